The van der Waals surface area contributed by atoms with Gasteiger partial charge in [-0.25, -0.2) is 13.8 Å². The number of hydrogen-bond donors (Lipinski definition) is 1. The summed E-state index contributed by atoms with van der Waals surface area (Å²) in [5.74, 6) is 0.935. The van der Waals surface area contributed by atoms with Gasteiger partial charge in [-0.15, -0.1) is 0 Å². The zero-order valence-corrected chi connectivity index (χ0v) is 20.0. The maximum Gasteiger partial charge on any atom is 0.255 e. The predicted molar refractivity (Wildman–Crippen MR) is 129 cm³/mol. The predicted octanol–water partition coefficient (Wildman–Crippen LogP) is 4.94. The monoisotopic (exact) mass is 459 g/mol. The summed E-state index contributed by atoms with van der Waals surface area (Å²) in [6.07, 6.45) is 7.88. The van der Waals surface area contributed by atoms with E-state index < -0.39 is 14.7 Å². The van der Waals surface area contributed by atoms with Gasteiger partial charge in [0, 0.05) is 35.9 Å². The number of halogens is 2. The third-order valence-electron chi connectivity index (χ3n) is 5.97. The first kappa shape index (κ1) is 24.3. The molecular weight excluding hydrogens is 427 g/mol. The van der Waals surface area contributed by atoms with Crippen LogP contribution in [0.1, 0.15) is 56.4 Å². The van der Waals surface area contributed by atoms with Crippen LogP contribution in [0.25, 0.3) is 17.3 Å². The second kappa shape index (κ2) is 11.5. The minimum atomic E-state index is -2.34. The minimum Gasteiger partial charge on any atom is -0.473 e. The molecule has 1 aliphatic rings. The first-order valence-electron chi connectivity index (χ1n) is 11.1. The summed E-state index contributed by atoms with van der Waals surface area (Å²) < 4.78 is 30.0. The van der Waals surface area contributed by atoms with E-state index in [0.29, 0.717) is 18.3 Å². The van der Waals surface area contributed by atoms with Crippen molar-refractivity contribution in [1.29, 1.82) is 0 Å². The molecule has 2 aromatic heterocycles. The summed E-state index contributed by atoms with van der Waals surface area (Å²) in [7, 11) is -0.541. The van der Waals surface area contributed by atoms with Crippen LogP contribution in [0.4, 0.5) is 8.78 Å². The van der Waals surface area contributed by atoms with Gasteiger partial charge in [-0.3, -0.25) is 4.98 Å². The van der Waals surface area contributed by atoms with Gasteiger partial charge in [-0.05, 0) is 76.1 Å². The van der Waals surface area contributed by atoms with E-state index in [1.54, 1.807) is 6.20 Å². The van der Waals surface area contributed by atoms with Gasteiger partial charge >= 0.3 is 0 Å². The van der Waals surface area contributed by atoms with Crippen molar-refractivity contribution >= 4 is 25.9 Å². The molecule has 1 aliphatic carbocycles. The fraction of sp³-hybridized carbons (Fsp3) is 0.440. The molecule has 0 radical (unpaired) electrons. The molecule has 1 saturated carbocycles. The fourth-order valence-electron chi connectivity index (χ4n) is 3.70. The molecule has 1 fully saturated rings. The van der Waals surface area contributed by atoms with Crippen LogP contribution in [0.2, 0.25) is 0 Å². The van der Waals surface area contributed by atoms with Gasteiger partial charge in [0.1, 0.15) is 6.35 Å². The minimum absolute atomic E-state index is 0.0123. The number of allylic oxidation sites excluding steroid dienone is 1. The summed E-state index contributed by atoms with van der Waals surface area (Å²) in [5.41, 5.74) is 5.23. The van der Waals surface area contributed by atoms with Gasteiger partial charge in [-0.2, -0.15) is 0 Å². The highest BCUT2D eigenvalue weighted by atomic mass is 31.1. The van der Waals surface area contributed by atoms with Crippen LogP contribution in [-0.2, 0) is 6.54 Å². The van der Waals surface area contributed by atoms with Crippen LogP contribution in [-0.4, -0.2) is 22.5 Å². The molecule has 1 atom stereocenters. The van der Waals surface area contributed by atoms with E-state index in [1.165, 1.54) is 30.1 Å². The number of aryl methyl sites for hydroxylation is 1. The molecular formula is C25H32F2N3OP. The van der Waals surface area contributed by atoms with Crippen molar-refractivity contribution in [2.45, 2.75) is 59.2 Å². The number of aromatic nitrogens is 2. The molecule has 0 saturated heterocycles. The van der Waals surface area contributed by atoms with Gasteiger partial charge in [0.05, 0.1) is 5.69 Å². The SMILES string of the molecule is C=C(c1nccc(=C(\C)CC)/c1=C\NCc1cnc(OCPC(F)F)c(C)c1)C1CCC1. The van der Waals surface area contributed by atoms with Gasteiger partial charge in [0.2, 0.25) is 5.88 Å². The molecule has 0 aromatic carbocycles. The molecule has 32 heavy (non-hydrogen) atoms. The molecule has 0 spiro atoms. The Balaban J connectivity index is 1.80. The summed E-state index contributed by atoms with van der Waals surface area (Å²) in [6, 6.07) is 4.04. The first-order chi connectivity index (χ1) is 15.4. The maximum absolute atomic E-state index is 12.3. The first-order valence-corrected chi connectivity index (χ1v) is 12.4. The van der Waals surface area contributed by atoms with Crippen molar-refractivity contribution in [2.24, 2.45) is 5.92 Å². The van der Waals surface area contributed by atoms with E-state index >= 15 is 0 Å². The highest BCUT2D eigenvalue weighted by Crippen LogP contribution is 2.35. The van der Waals surface area contributed by atoms with Crippen molar-refractivity contribution in [1.82, 2.24) is 15.3 Å². The average molecular weight is 460 g/mol. The highest BCUT2D eigenvalue weighted by Gasteiger charge is 2.23. The third kappa shape index (κ3) is 6.13. The van der Waals surface area contributed by atoms with Crippen molar-refractivity contribution in [3.63, 3.8) is 0 Å². The lowest BCUT2D eigenvalue weighted by Gasteiger charge is -2.27. The third-order valence-corrected chi connectivity index (χ3v) is 6.59. The Hall–Kier alpha value is -2.33. The number of nitrogens with one attached hydrogen (secondary N) is 1. The molecule has 0 amide bonds. The second-order valence-electron chi connectivity index (χ2n) is 8.19. The van der Waals surface area contributed by atoms with E-state index in [-0.39, 0.29) is 6.35 Å². The zero-order valence-electron chi connectivity index (χ0n) is 19.0. The summed E-state index contributed by atoms with van der Waals surface area (Å²) in [5, 5.41) is 5.70. The van der Waals surface area contributed by atoms with E-state index in [0.717, 1.165) is 34.0 Å². The Morgan fingerprint density at radius 2 is 2.16 bits per heavy atom. The Morgan fingerprint density at radius 1 is 1.38 bits per heavy atom. The molecule has 0 aliphatic heterocycles. The molecule has 1 N–H and O–H groups in total. The van der Waals surface area contributed by atoms with E-state index in [4.69, 9.17) is 4.74 Å². The lowest BCUT2D eigenvalue weighted by atomic mass is 9.78. The molecule has 1 unspecified atom stereocenters. The van der Waals surface area contributed by atoms with Crippen LogP contribution in [0, 0.1) is 12.8 Å². The second-order valence-corrected chi connectivity index (χ2v) is 9.33. The van der Waals surface area contributed by atoms with E-state index in [1.807, 2.05) is 25.4 Å². The molecule has 7 heteroatoms. The molecule has 2 heterocycles. The summed E-state index contributed by atoms with van der Waals surface area (Å²) >= 11 is 0. The molecule has 0 bridgehead atoms. The number of rotatable bonds is 10. The van der Waals surface area contributed by atoms with Gasteiger partial charge < -0.3 is 10.1 Å². The smallest absolute Gasteiger partial charge is 0.255 e. The number of pyridine rings is 2. The Labute approximate surface area is 190 Å². The number of ether oxygens (including phenoxy) is 1. The Morgan fingerprint density at radius 3 is 2.78 bits per heavy atom. The quantitative estimate of drug-likeness (QED) is 0.511. The molecule has 4 nitrogen and oxygen atoms in total. The van der Waals surface area contributed by atoms with E-state index in [9.17, 15) is 8.78 Å². The van der Waals surface area contributed by atoms with Crippen LogP contribution >= 0.6 is 8.58 Å². The number of hydrogen-bond acceptors (Lipinski definition) is 4. The average Bonchev–Trinajstić information content (AvgIpc) is 2.73. The number of alkyl halides is 2. The normalized spacial score (nSPS) is 15.9. The van der Waals surface area contributed by atoms with Crippen LogP contribution < -0.4 is 20.5 Å². The number of nitrogens with zero attached hydrogens (tertiary/aromatic N) is 2. The van der Waals surface area contributed by atoms with Crippen molar-refractivity contribution in [3.05, 3.63) is 58.4 Å². The molecule has 2 aromatic rings. The van der Waals surface area contributed by atoms with Crippen LogP contribution in [0.5, 0.6) is 5.88 Å². The Bertz CT molecular complexity index is 1070. The summed E-state index contributed by atoms with van der Waals surface area (Å²) in [6.45, 7) is 11.1. The highest BCUT2D eigenvalue weighted by molar-refractivity contribution is 7.38. The largest absolute Gasteiger partial charge is 0.473 e. The summed E-state index contributed by atoms with van der Waals surface area (Å²) in [4.78, 5) is 8.99. The maximum atomic E-state index is 12.3. The van der Waals surface area contributed by atoms with Crippen molar-refractivity contribution < 1.29 is 13.5 Å². The lowest BCUT2D eigenvalue weighted by molar-refractivity contribution is 0.242. The molecule has 172 valence electrons. The zero-order chi connectivity index (χ0) is 23.1. The van der Waals surface area contributed by atoms with Crippen LogP contribution in [0.15, 0.2) is 31.1 Å². The van der Waals surface area contributed by atoms with Gasteiger partial charge in [-0.1, -0.05) is 25.5 Å². The Kier molecular flexibility index (Phi) is 8.75. The van der Waals surface area contributed by atoms with Crippen LogP contribution in [0.3, 0.4) is 0 Å². The van der Waals surface area contributed by atoms with Crippen molar-refractivity contribution in [2.75, 3.05) is 6.35 Å². The van der Waals surface area contributed by atoms with Gasteiger partial charge in [0.15, 0.2) is 0 Å². The molecule has 3 rings (SSSR count). The lowest BCUT2D eigenvalue weighted by Crippen LogP contribution is -2.34. The van der Waals surface area contributed by atoms with Gasteiger partial charge in [0.25, 0.3) is 6.17 Å². The van der Waals surface area contributed by atoms with E-state index in [2.05, 4.69) is 41.8 Å². The standard InChI is InChI=1S/C25H32F2N3OP/c1-5-16(2)21-9-10-29-23(18(4)20-7-6-8-20)22(21)14-28-12-19-11-17(3)24(30-13-19)31-15-32-25(26)27/h9-11,13-14,20,25,28,32H,4-8,12,15H2,1-3H3/b21-16-,22-14+. The van der Waals surface area contributed by atoms with Crippen molar-refractivity contribution in [3.8, 4) is 5.88 Å². The topological polar surface area (TPSA) is 47.0 Å². The fourth-order valence-corrected chi connectivity index (χ4v) is 4.05.